The van der Waals surface area contributed by atoms with Gasteiger partial charge in [-0.2, -0.15) is 0 Å². The topological polar surface area (TPSA) is 29.5 Å². The van der Waals surface area contributed by atoms with Crippen LogP contribution >= 0.6 is 33.9 Å². The van der Waals surface area contributed by atoms with Gasteiger partial charge in [0.1, 0.15) is 17.5 Å². The molecule has 128 valence electrons. The molecule has 4 rings (SSSR count). The lowest BCUT2D eigenvalue weighted by atomic mass is 9.64. The van der Waals surface area contributed by atoms with Gasteiger partial charge in [-0.3, -0.25) is 0 Å². The molecule has 2 aliphatic rings. The number of thiophene rings is 1. The maximum absolute atomic E-state index is 11.2. The summed E-state index contributed by atoms with van der Waals surface area (Å²) in [6, 6.07) is 10.7. The quantitative estimate of drug-likeness (QED) is 0.436. The Balaban J connectivity index is 1.68. The van der Waals surface area contributed by atoms with Crippen LogP contribution in [0.15, 0.2) is 33.9 Å². The van der Waals surface area contributed by atoms with Gasteiger partial charge < -0.3 is 9.84 Å². The lowest BCUT2D eigenvalue weighted by Crippen LogP contribution is -2.56. The third-order valence-corrected chi connectivity index (χ3v) is 8.03. The molecule has 2 nitrogen and oxygen atoms in total. The predicted octanol–water partition coefficient (Wildman–Crippen LogP) is 6.13. The smallest absolute Gasteiger partial charge is 0.149 e. The van der Waals surface area contributed by atoms with Crippen LogP contribution in [0.1, 0.15) is 50.3 Å². The Morgan fingerprint density at radius 1 is 1.33 bits per heavy atom. The number of aliphatic hydroxyl groups is 1. The van der Waals surface area contributed by atoms with Gasteiger partial charge in [-0.15, -0.1) is 11.3 Å². The van der Waals surface area contributed by atoms with Crippen molar-refractivity contribution >= 4 is 49.8 Å². The van der Waals surface area contributed by atoms with Gasteiger partial charge in [0, 0.05) is 10.6 Å². The van der Waals surface area contributed by atoms with Gasteiger partial charge in [0.2, 0.25) is 0 Å². The number of benzene rings is 1. The summed E-state index contributed by atoms with van der Waals surface area (Å²) in [5, 5.41) is 12.4. The first kappa shape index (κ1) is 16.9. The Kier molecular flexibility index (Phi) is 4.65. The summed E-state index contributed by atoms with van der Waals surface area (Å²) in [7, 11) is 0. The molecule has 0 saturated heterocycles. The number of fused-ring (bicyclic) bond motifs is 2. The van der Waals surface area contributed by atoms with Gasteiger partial charge in [0.15, 0.2) is 0 Å². The largest absolute Gasteiger partial charge is 0.488 e. The first-order chi connectivity index (χ1) is 11.6. The highest BCUT2D eigenvalue weighted by molar-refractivity contribution is 14.1. The Morgan fingerprint density at radius 3 is 2.88 bits per heavy atom. The van der Waals surface area contributed by atoms with E-state index in [1.807, 2.05) is 0 Å². The maximum Gasteiger partial charge on any atom is 0.149 e. The number of hydrogen-bond donors (Lipinski definition) is 1. The fourth-order valence-corrected chi connectivity index (χ4v) is 6.28. The van der Waals surface area contributed by atoms with Gasteiger partial charge >= 0.3 is 0 Å². The molecular formula is C20H23IO2S. The summed E-state index contributed by atoms with van der Waals surface area (Å²) in [6.07, 6.45) is 6.82. The van der Waals surface area contributed by atoms with Crippen molar-refractivity contribution in [1.29, 1.82) is 0 Å². The van der Waals surface area contributed by atoms with Crippen molar-refractivity contribution in [3.05, 3.63) is 38.8 Å². The van der Waals surface area contributed by atoms with Crippen molar-refractivity contribution in [3.8, 4) is 0 Å². The molecule has 1 saturated carbocycles. The number of rotatable bonds is 5. The van der Waals surface area contributed by atoms with E-state index in [0.717, 1.165) is 33.5 Å². The van der Waals surface area contributed by atoms with Crippen molar-refractivity contribution < 1.29 is 9.84 Å². The molecule has 1 aromatic carbocycles. The molecule has 2 aromatic rings. The van der Waals surface area contributed by atoms with Crippen LogP contribution in [-0.2, 0) is 4.74 Å². The zero-order valence-electron chi connectivity index (χ0n) is 13.9. The van der Waals surface area contributed by atoms with Crippen LogP contribution in [0.3, 0.4) is 0 Å². The van der Waals surface area contributed by atoms with E-state index in [2.05, 4.69) is 59.8 Å². The molecule has 4 heteroatoms. The third kappa shape index (κ3) is 2.71. The summed E-state index contributed by atoms with van der Waals surface area (Å²) in [5.74, 6) is 1.20. The number of halogens is 1. The Hall–Kier alpha value is -0.590. The second-order valence-corrected chi connectivity index (χ2v) is 9.18. The van der Waals surface area contributed by atoms with Gasteiger partial charge in [0.05, 0.1) is 8.46 Å². The summed E-state index contributed by atoms with van der Waals surface area (Å²) in [6.45, 7) is 2.23. The second kappa shape index (κ2) is 6.61. The van der Waals surface area contributed by atoms with E-state index < -0.39 is 5.60 Å². The van der Waals surface area contributed by atoms with E-state index in [-0.39, 0.29) is 12.0 Å². The standard InChI is InChI=1S/C20H23IO2S/c1-2-3-4-8-15-14-10-11-20(14,22)19(21)18(23-15)17-12-13-7-5-6-9-16(13)24-17/h5-7,9,12,14-15,22H,2-4,8,10-11H2,1H3/t14-,15+,20+/m1/s1. The van der Waals surface area contributed by atoms with E-state index in [0.29, 0.717) is 0 Å². The molecular weight excluding hydrogens is 431 g/mol. The van der Waals surface area contributed by atoms with Crippen molar-refractivity contribution in [3.63, 3.8) is 0 Å². The minimum Gasteiger partial charge on any atom is -0.488 e. The van der Waals surface area contributed by atoms with Crippen LogP contribution in [-0.4, -0.2) is 16.8 Å². The van der Waals surface area contributed by atoms with Crippen molar-refractivity contribution in [2.24, 2.45) is 5.92 Å². The summed E-state index contributed by atoms with van der Waals surface area (Å²) < 4.78 is 8.77. The van der Waals surface area contributed by atoms with E-state index in [1.165, 1.54) is 29.3 Å². The average molecular weight is 454 g/mol. The first-order valence-corrected chi connectivity index (χ1v) is 10.8. The molecule has 1 aliphatic heterocycles. The number of hydrogen-bond acceptors (Lipinski definition) is 3. The minimum atomic E-state index is -0.652. The van der Waals surface area contributed by atoms with Crippen LogP contribution in [0.4, 0.5) is 0 Å². The second-order valence-electron chi connectivity index (χ2n) is 7.01. The normalized spacial score (nSPS) is 29.3. The lowest BCUT2D eigenvalue weighted by molar-refractivity contribution is -0.123. The summed E-state index contributed by atoms with van der Waals surface area (Å²) in [4.78, 5) is 1.15. The monoisotopic (exact) mass is 454 g/mol. The SMILES string of the molecule is CCCCC[C@@H]1OC(c2cc3ccccc3s2)=C(I)[C@]2(O)CC[C@H]12. The van der Waals surface area contributed by atoms with Gasteiger partial charge in [-0.25, -0.2) is 0 Å². The van der Waals surface area contributed by atoms with Gasteiger partial charge in [-0.05, 0) is 65.8 Å². The van der Waals surface area contributed by atoms with Crippen LogP contribution in [0.25, 0.3) is 15.8 Å². The molecule has 2 heterocycles. The van der Waals surface area contributed by atoms with Crippen LogP contribution in [0.2, 0.25) is 0 Å². The van der Waals surface area contributed by atoms with E-state index in [1.54, 1.807) is 11.3 Å². The van der Waals surface area contributed by atoms with Crippen LogP contribution < -0.4 is 0 Å². The molecule has 0 bridgehead atoms. The molecule has 0 amide bonds. The van der Waals surface area contributed by atoms with Gasteiger partial charge in [0.25, 0.3) is 0 Å². The Morgan fingerprint density at radius 2 is 2.17 bits per heavy atom. The fraction of sp³-hybridized carbons (Fsp3) is 0.500. The third-order valence-electron chi connectivity index (χ3n) is 5.49. The highest BCUT2D eigenvalue weighted by Gasteiger charge is 2.56. The number of unbranched alkanes of at least 4 members (excludes halogenated alkanes) is 2. The van der Waals surface area contributed by atoms with Crippen LogP contribution in [0, 0.1) is 5.92 Å². The average Bonchev–Trinajstić information content (AvgIpc) is 3.00. The number of ether oxygens (including phenoxy) is 1. The van der Waals surface area contributed by atoms with Crippen LogP contribution in [0.5, 0.6) is 0 Å². The van der Waals surface area contributed by atoms with E-state index in [4.69, 9.17) is 4.74 Å². The Labute approximate surface area is 161 Å². The molecule has 1 aromatic heterocycles. The molecule has 3 atom stereocenters. The summed E-state index contributed by atoms with van der Waals surface area (Å²) >= 11 is 4.09. The lowest BCUT2D eigenvalue weighted by Gasteiger charge is -2.52. The zero-order chi connectivity index (χ0) is 16.7. The molecule has 1 aliphatic carbocycles. The molecule has 1 fully saturated rings. The van der Waals surface area contributed by atoms with E-state index in [9.17, 15) is 5.11 Å². The zero-order valence-corrected chi connectivity index (χ0v) is 16.9. The minimum absolute atomic E-state index is 0.161. The maximum atomic E-state index is 11.2. The molecule has 0 radical (unpaired) electrons. The van der Waals surface area contributed by atoms with Crippen molar-refractivity contribution in [2.45, 2.75) is 57.2 Å². The van der Waals surface area contributed by atoms with E-state index >= 15 is 0 Å². The van der Waals surface area contributed by atoms with Crippen molar-refractivity contribution in [1.82, 2.24) is 0 Å². The highest BCUT2D eigenvalue weighted by atomic mass is 127. The van der Waals surface area contributed by atoms with Crippen molar-refractivity contribution in [2.75, 3.05) is 0 Å². The fourth-order valence-electron chi connectivity index (χ4n) is 3.95. The molecule has 0 unspecified atom stereocenters. The molecule has 0 spiro atoms. The molecule has 24 heavy (non-hydrogen) atoms. The Bertz CT molecular complexity index is 748. The summed E-state index contributed by atoms with van der Waals surface area (Å²) in [5.41, 5.74) is -0.652. The highest BCUT2D eigenvalue weighted by Crippen LogP contribution is 2.56. The predicted molar refractivity (Wildman–Crippen MR) is 109 cm³/mol. The van der Waals surface area contributed by atoms with Gasteiger partial charge in [-0.1, -0.05) is 38.0 Å². The molecule has 1 N–H and O–H groups in total. The first-order valence-electron chi connectivity index (χ1n) is 8.91.